The van der Waals surface area contributed by atoms with Crippen molar-refractivity contribution < 1.29 is 10.1 Å². The van der Waals surface area contributed by atoms with Crippen LogP contribution in [0.15, 0.2) is 78.9 Å². The minimum absolute atomic E-state index is 0.176. The van der Waals surface area contributed by atoms with Crippen molar-refractivity contribution in [3.8, 4) is 21.1 Å². The van der Waals surface area contributed by atoms with Crippen molar-refractivity contribution >= 4 is 22.7 Å². The largest absolute Gasteiger partial charge is 0.368 e. The predicted molar refractivity (Wildman–Crippen MR) is 129 cm³/mol. The normalized spacial score (nSPS) is 14.0. The summed E-state index contributed by atoms with van der Waals surface area (Å²) in [5.74, 6) is 0. The summed E-state index contributed by atoms with van der Waals surface area (Å²) in [6.07, 6.45) is 0. The Kier molecular flexibility index (Phi) is 6.11. The van der Waals surface area contributed by atoms with Gasteiger partial charge in [-0.25, -0.2) is 4.89 Å². The molecule has 0 bridgehead atoms. The maximum atomic E-state index is 8.57. The lowest BCUT2D eigenvalue weighted by Crippen LogP contribution is -2.46. The fourth-order valence-corrected chi connectivity index (χ4v) is 4.81. The van der Waals surface area contributed by atoms with E-state index in [9.17, 15) is 0 Å². The second-order valence-electron chi connectivity index (χ2n) is 7.74. The van der Waals surface area contributed by atoms with E-state index in [0.29, 0.717) is 0 Å². The molecule has 0 saturated carbocycles. The fourth-order valence-electron chi connectivity index (χ4n) is 3.95. The van der Waals surface area contributed by atoms with Gasteiger partial charge in [-0.3, -0.25) is 5.26 Å². The first-order valence-electron chi connectivity index (χ1n) is 10.6. The van der Waals surface area contributed by atoms with Crippen LogP contribution in [-0.2, 0) is 11.5 Å². The smallest absolute Gasteiger partial charge is 0.148 e. The second kappa shape index (κ2) is 9.48. The number of hydrogen-bond donors (Lipinski definition) is 1. The molecule has 2 heterocycles. The summed E-state index contributed by atoms with van der Waals surface area (Å²) >= 11 is 1.57. The Morgan fingerprint density at radius 3 is 1.72 bits per heavy atom. The van der Waals surface area contributed by atoms with E-state index >= 15 is 0 Å². The van der Waals surface area contributed by atoms with Crippen molar-refractivity contribution in [3.63, 3.8) is 0 Å². The van der Waals surface area contributed by atoms with Gasteiger partial charge in [-0.1, -0.05) is 53.8 Å². The van der Waals surface area contributed by atoms with Crippen molar-refractivity contribution in [2.24, 2.45) is 0 Å². The van der Waals surface area contributed by atoms with E-state index < -0.39 is 0 Å². The molecule has 0 atom stereocenters. The van der Waals surface area contributed by atoms with E-state index in [0.717, 1.165) is 52.9 Å². The van der Waals surface area contributed by atoms with Gasteiger partial charge in [0.2, 0.25) is 0 Å². The molecule has 0 amide bonds. The molecular formula is C25H24N4O2S. The lowest BCUT2D eigenvalue weighted by atomic mass is 10.1. The third-order valence-electron chi connectivity index (χ3n) is 5.74. The minimum atomic E-state index is 0.176. The SMILES string of the molecule is OOCc1ccc(-c2nnc(-c3ccc(N4CCN(c5ccccc5)CC4)cc3)s2)cc1. The average Bonchev–Trinajstić information content (AvgIpc) is 3.36. The van der Waals surface area contributed by atoms with Gasteiger partial charge in [0.1, 0.15) is 16.6 Å². The quantitative estimate of drug-likeness (QED) is 0.326. The lowest BCUT2D eigenvalue weighted by Gasteiger charge is -2.37. The number of hydrogen-bond acceptors (Lipinski definition) is 7. The van der Waals surface area contributed by atoms with Crippen LogP contribution in [-0.4, -0.2) is 41.6 Å². The zero-order valence-corrected chi connectivity index (χ0v) is 18.4. The summed E-state index contributed by atoms with van der Waals surface area (Å²) in [4.78, 5) is 9.06. The summed E-state index contributed by atoms with van der Waals surface area (Å²) < 4.78 is 0. The van der Waals surface area contributed by atoms with E-state index in [1.165, 1.54) is 11.4 Å². The standard InChI is InChI=1S/C25H24N4O2S/c30-31-18-19-6-8-20(9-7-19)24-26-27-25(32-24)21-10-12-23(13-11-21)29-16-14-28(15-17-29)22-4-2-1-3-5-22/h1-13,30H,14-18H2. The number of anilines is 2. The molecule has 0 radical (unpaired) electrons. The van der Waals surface area contributed by atoms with Crippen LogP contribution in [0.3, 0.4) is 0 Å². The molecule has 1 aromatic heterocycles. The molecule has 1 N–H and O–H groups in total. The Bertz CT molecular complexity index is 1140. The van der Waals surface area contributed by atoms with E-state index in [1.807, 2.05) is 24.3 Å². The van der Waals surface area contributed by atoms with Gasteiger partial charge in [-0.2, -0.15) is 0 Å². The van der Waals surface area contributed by atoms with Gasteiger partial charge in [0, 0.05) is 48.7 Å². The number of nitrogens with zero attached hydrogens (tertiary/aromatic N) is 4. The molecule has 1 saturated heterocycles. The Hall–Kier alpha value is -3.26. The van der Waals surface area contributed by atoms with Crippen molar-refractivity contribution in [2.45, 2.75) is 6.61 Å². The van der Waals surface area contributed by atoms with Crippen molar-refractivity contribution in [1.82, 2.24) is 10.2 Å². The molecule has 6 nitrogen and oxygen atoms in total. The summed E-state index contributed by atoms with van der Waals surface area (Å²) in [5, 5.41) is 19.1. The van der Waals surface area contributed by atoms with Crippen LogP contribution >= 0.6 is 11.3 Å². The van der Waals surface area contributed by atoms with Gasteiger partial charge in [0.15, 0.2) is 0 Å². The van der Waals surface area contributed by atoms with Crippen LogP contribution in [0, 0.1) is 0 Å². The van der Waals surface area contributed by atoms with Gasteiger partial charge in [0.05, 0.1) is 0 Å². The zero-order chi connectivity index (χ0) is 21.8. The molecule has 162 valence electrons. The third kappa shape index (κ3) is 4.50. The summed E-state index contributed by atoms with van der Waals surface area (Å²) in [7, 11) is 0. The summed E-state index contributed by atoms with van der Waals surface area (Å²) in [6, 6.07) is 27.0. The molecule has 0 aliphatic carbocycles. The van der Waals surface area contributed by atoms with Gasteiger partial charge < -0.3 is 9.80 Å². The molecule has 0 unspecified atom stereocenters. The molecule has 1 aliphatic rings. The first-order chi connectivity index (χ1) is 15.8. The molecule has 5 rings (SSSR count). The van der Waals surface area contributed by atoms with Crippen LogP contribution in [0.5, 0.6) is 0 Å². The van der Waals surface area contributed by atoms with E-state index in [4.69, 9.17) is 5.26 Å². The number of aromatic nitrogens is 2. The summed E-state index contributed by atoms with van der Waals surface area (Å²) in [5.41, 5.74) is 5.52. The Labute approximate surface area is 191 Å². The number of piperazine rings is 1. The average molecular weight is 445 g/mol. The van der Waals surface area contributed by atoms with Crippen LogP contribution in [0.25, 0.3) is 21.1 Å². The molecule has 7 heteroatoms. The monoisotopic (exact) mass is 444 g/mol. The van der Waals surface area contributed by atoms with Gasteiger partial charge in [0.25, 0.3) is 0 Å². The Morgan fingerprint density at radius 1 is 0.688 bits per heavy atom. The van der Waals surface area contributed by atoms with Crippen molar-refractivity contribution in [1.29, 1.82) is 0 Å². The number of para-hydroxylation sites is 1. The van der Waals surface area contributed by atoms with Gasteiger partial charge in [-0.15, -0.1) is 10.2 Å². The van der Waals surface area contributed by atoms with E-state index in [-0.39, 0.29) is 6.61 Å². The molecule has 3 aromatic carbocycles. The first-order valence-corrected chi connectivity index (χ1v) is 11.5. The molecular weight excluding hydrogens is 420 g/mol. The number of rotatable bonds is 6. The fraction of sp³-hybridized carbons (Fsp3) is 0.200. The van der Waals surface area contributed by atoms with Crippen molar-refractivity contribution in [3.05, 3.63) is 84.4 Å². The Balaban J connectivity index is 1.24. The second-order valence-corrected chi connectivity index (χ2v) is 8.72. The Morgan fingerprint density at radius 2 is 1.19 bits per heavy atom. The molecule has 32 heavy (non-hydrogen) atoms. The third-order valence-corrected chi connectivity index (χ3v) is 6.76. The summed E-state index contributed by atoms with van der Waals surface area (Å²) in [6.45, 7) is 4.24. The van der Waals surface area contributed by atoms with Crippen LogP contribution in [0.1, 0.15) is 5.56 Å². The molecule has 1 aliphatic heterocycles. The highest BCUT2D eigenvalue weighted by Crippen LogP contribution is 2.31. The van der Waals surface area contributed by atoms with Gasteiger partial charge in [-0.05, 0) is 42.0 Å². The highest BCUT2D eigenvalue weighted by atomic mass is 32.1. The first kappa shape index (κ1) is 20.6. The van der Waals surface area contributed by atoms with Crippen molar-refractivity contribution in [2.75, 3.05) is 36.0 Å². The van der Waals surface area contributed by atoms with E-state index in [2.05, 4.69) is 79.5 Å². The molecule has 1 fully saturated rings. The maximum Gasteiger partial charge on any atom is 0.148 e. The lowest BCUT2D eigenvalue weighted by molar-refractivity contribution is -0.253. The molecule has 0 spiro atoms. The zero-order valence-electron chi connectivity index (χ0n) is 17.6. The number of benzene rings is 3. The van der Waals surface area contributed by atoms with E-state index in [1.54, 1.807) is 11.3 Å². The molecule has 4 aromatic rings. The minimum Gasteiger partial charge on any atom is -0.368 e. The highest BCUT2D eigenvalue weighted by molar-refractivity contribution is 7.17. The topological polar surface area (TPSA) is 61.7 Å². The predicted octanol–water partition coefficient (Wildman–Crippen LogP) is 5.19. The van der Waals surface area contributed by atoms with Gasteiger partial charge >= 0.3 is 0 Å². The highest BCUT2D eigenvalue weighted by Gasteiger charge is 2.18. The van der Waals surface area contributed by atoms with Crippen LogP contribution in [0.2, 0.25) is 0 Å². The van der Waals surface area contributed by atoms with Crippen LogP contribution in [0.4, 0.5) is 11.4 Å². The van der Waals surface area contributed by atoms with Crippen LogP contribution < -0.4 is 9.80 Å². The maximum absolute atomic E-state index is 8.57.